The van der Waals surface area contributed by atoms with Crippen LogP contribution in [0.15, 0.2) is 28.7 Å². The van der Waals surface area contributed by atoms with E-state index in [9.17, 15) is 0 Å². The molecule has 4 heteroatoms. The van der Waals surface area contributed by atoms with Gasteiger partial charge in [0.15, 0.2) is 5.58 Å². The summed E-state index contributed by atoms with van der Waals surface area (Å²) < 4.78 is 10.2. The van der Waals surface area contributed by atoms with Gasteiger partial charge in [-0.3, -0.25) is 0 Å². The second kappa shape index (κ2) is 3.45. The summed E-state index contributed by atoms with van der Waals surface area (Å²) in [5.74, 6) is 0. The summed E-state index contributed by atoms with van der Waals surface area (Å²) in [7, 11) is 0. The largest absolute Gasteiger partial charge is 0.448 e. The quantitative estimate of drug-likeness (QED) is 0.769. The fourth-order valence-electron chi connectivity index (χ4n) is 1.05. The first kappa shape index (κ1) is 8.07. The van der Waals surface area contributed by atoms with Gasteiger partial charge in [-0.15, -0.1) is 0 Å². The summed E-state index contributed by atoms with van der Waals surface area (Å²) in [5, 5.41) is 8.51. The predicted octanol–water partition coefficient (Wildman–Crippen LogP) is 1.20. The molecule has 0 aliphatic rings. The van der Waals surface area contributed by atoms with Crippen LogP contribution in [0.4, 0.5) is 0 Å². The number of para-hydroxylation sites is 2. The summed E-state index contributed by atoms with van der Waals surface area (Å²) >= 11 is 0. The van der Waals surface area contributed by atoms with Crippen molar-refractivity contribution < 1.29 is 14.3 Å². The van der Waals surface area contributed by atoms with E-state index >= 15 is 0 Å². The Hall–Kier alpha value is -1.55. The lowest BCUT2D eigenvalue weighted by Gasteiger charge is -1.94. The molecule has 2 rings (SSSR count). The molecule has 0 radical (unpaired) electrons. The lowest BCUT2D eigenvalue weighted by molar-refractivity contribution is 0.168. The van der Waals surface area contributed by atoms with Crippen molar-refractivity contribution in [2.24, 2.45) is 0 Å². The molecular weight excluding hydrogens is 170 g/mol. The SMILES string of the molecule is OCCOc1nc2ccccc2o1. The maximum Gasteiger partial charge on any atom is 0.394 e. The number of ether oxygens (including phenoxy) is 1. The van der Waals surface area contributed by atoms with Crippen LogP contribution < -0.4 is 4.74 Å². The molecule has 0 saturated heterocycles. The number of aliphatic hydroxyl groups is 1. The summed E-state index contributed by atoms with van der Waals surface area (Å²) in [5.41, 5.74) is 1.45. The van der Waals surface area contributed by atoms with Gasteiger partial charge in [0.05, 0.1) is 6.61 Å². The van der Waals surface area contributed by atoms with Crippen LogP contribution in [-0.2, 0) is 0 Å². The number of benzene rings is 1. The van der Waals surface area contributed by atoms with Crippen molar-refractivity contribution in [1.29, 1.82) is 0 Å². The van der Waals surface area contributed by atoms with Crippen LogP contribution in [0.1, 0.15) is 0 Å². The molecule has 2 aromatic rings. The second-order valence-electron chi connectivity index (χ2n) is 2.52. The van der Waals surface area contributed by atoms with E-state index in [0.29, 0.717) is 5.58 Å². The zero-order valence-electron chi connectivity index (χ0n) is 6.93. The van der Waals surface area contributed by atoms with Crippen molar-refractivity contribution >= 4 is 11.1 Å². The highest BCUT2D eigenvalue weighted by Gasteiger charge is 2.04. The van der Waals surface area contributed by atoms with Crippen LogP contribution in [0.3, 0.4) is 0 Å². The molecule has 1 heterocycles. The van der Waals surface area contributed by atoms with E-state index < -0.39 is 0 Å². The predicted molar refractivity (Wildman–Crippen MR) is 46.6 cm³/mol. The molecule has 0 bridgehead atoms. The van der Waals surface area contributed by atoms with Gasteiger partial charge in [0.1, 0.15) is 12.1 Å². The van der Waals surface area contributed by atoms with Crippen molar-refractivity contribution in [3.05, 3.63) is 24.3 Å². The van der Waals surface area contributed by atoms with Crippen molar-refractivity contribution in [2.75, 3.05) is 13.2 Å². The molecule has 0 fully saturated rings. The molecule has 0 unspecified atom stereocenters. The maximum atomic E-state index is 8.51. The summed E-state index contributed by atoms with van der Waals surface area (Å²) in [6.07, 6.45) is 0.204. The molecule has 4 nitrogen and oxygen atoms in total. The fourth-order valence-corrected chi connectivity index (χ4v) is 1.05. The Morgan fingerprint density at radius 2 is 2.23 bits per heavy atom. The Morgan fingerprint density at radius 3 is 3.00 bits per heavy atom. The van der Waals surface area contributed by atoms with Gasteiger partial charge >= 0.3 is 6.08 Å². The van der Waals surface area contributed by atoms with Crippen LogP contribution >= 0.6 is 0 Å². The first-order valence-corrected chi connectivity index (χ1v) is 3.99. The van der Waals surface area contributed by atoms with Crippen molar-refractivity contribution in [3.63, 3.8) is 0 Å². The third kappa shape index (κ3) is 1.62. The molecule has 0 amide bonds. The highest BCUT2D eigenvalue weighted by atomic mass is 16.6. The Labute approximate surface area is 74.8 Å². The average molecular weight is 179 g/mol. The molecule has 68 valence electrons. The Morgan fingerprint density at radius 1 is 1.38 bits per heavy atom. The van der Waals surface area contributed by atoms with Gasteiger partial charge in [-0.1, -0.05) is 12.1 Å². The standard InChI is InChI=1S/C9H9NO3/c11-5-6-12-9-10-7-3-1-2-4-8(7)13-9/h1-4,11H,5-6H2. The highest BCUT2D eigenvalue weighted by Crippen LogP contribution is 2.19. The number of aromatic nitrogens is 1. The van der Waals surface area contributed by atoms with Gasteiger partial charge in [0.2, 0.25) is 0 Å². The maximum absolute atomic E-state index is 8.51. The molecule has 13 heavy (non-hydrogen) atoms. The third-order valence-electron chi connectivity index (χ3n) is 1.59. The van der Waals surface area contributed by atoms with E-state index in [0.717, 1.165) is 5.52 Å². The number of rotatable bonds is 3. The lowest BCUT2D eigenvalue weighted by atomic mass is 10.3. The van der Waals surface area contributed by atoms with Crippen LogP contribution in [0.2, 0.25) is 0 Å². The molecule has 0 aliphatic heterocycles. The first-order chi connectivity index (χ1) is 6.40. The minimum Gasteiger partial charge on any atom is -0.448 e. The number of hydrogen-bond acceptors (Lipinski definition) is 4. The number of fused-ring (bicyclic) bond motifs is 1. The minimum atomic E-state index is -0.0429. The number of oxazole rings is 1. The molecule has 0 spiro atoms. The van der Waals surface area contributed by atoms with Gasteiger partial charge in [0.25, 0.3) is 0 Å². The Kier molecular flexibility index (Phi) is 2.14. The van der Waals surface area contributed by atoms with Crippen LogP contribution in [0.25, 0.3) is 11.1 Å². The summed E-state index contributed by atoms with van der Waals surface area (Å²) in [6.45, 7) is 0.158. The fraction of sp³-hybridized carbons (Fsp3) is 0.222. The second-order valence-corrected chi connectivity index (χ2v) is 2.52. The van der Waals surface area contributed by atoms with Gasteiger partial charge in [-0.05, 0) is 12.1 Å². The number of aliphatic hydroxyl groups excluding tert-OH is 1. The van der Waals surface area contributed by atoms with Gasteiger partial charge in [-0.25, -0.2) is 0 Å². The summed E-state index contributed by atoms with van der Waals surface area (Å²) in [4.78, 5) is 4.05. The Bertz CT molecular complexity index is 363. The van der Waals surface area contributed by atoms with E-state index in [4.69, 9.17) is 14.3 Å². The lowest BCUT2D eigenvalue weighted by Crippen LogP contribution is -2.01. The topological polar surface area (TPSA) is 55.5 Å². The normalized spacial score (nSPS) is 10.5. The van der Waals surface area contributed by atoms with E-state index in [-0.39, 0.29) is 19.3 Å². The monoisotopic (exact) mass is 179 g/mol. The van der Waals surface area contributed by atoms with E-state index in [1.54, 1.807) is 0 Å². The number of hydrogen-bond donors (Lipinski definition) is 1. The highest BCUT2D eigenvalue weighted by molar-refractivity contribution is 5.72. The number of nitrogens with zero attached hydrogens (tertiary/aromatic N) is 1. The van der Waals surface area contributed by atoms with Crippen LogP contribution in [-0.4, -0.2) is 23.3 Å². The molecule has 1 aromatic heterocycles. The first-order valence-electron chi connectivity index (χ1n) is 3.99. The molecule has 0 saturated carbocycles. The van der Waals surface area contributed by atoms with Crippen molar-refractivity contribution in [2.45, 2.75) is 0 Å². The van der Waals surface area contributed by atoms with E-state index in [1.807, 2.05) is 24.3 Å². The van der Waals surface area contributed by atoms with E-state index in [2.05, 4.69) is 4.98 Å². The van der Waals surface area contributed by atoms with Gasteiger partial charge < -0.3 is 14.3 Å². The Balaban J connectivity index is 2.28. The van der Waals surface area contributed by atoms with Crippen LogP contribution in [0.5, 0.6) is 6.08 Å². The van der Waals surface area contributed by atoms with Gasteiger partial charge in [0, 0.05) is 0 Å². The minimum absolute atomic E-state index is 0.0429. The van der Waals surface area contributed by atoms with Gasteiger partial charge in [-0.2, -0.15) is 4.98 Å². The summed E-state index contributed by atoms with van der Waals surface area (Å²) in [6, 6.07) is 7.39. The molecular formula is C9H9NO3. The van der Waals surface area contributed by atoms with E-state index in [1.165, 1.54) is 0 Å². The zero-order chi connectivity index (χ0) is 9.10. The zero-order valence-corrected chi connectivity index (χ0v) is 6.93. The van der Waals surface area contributed by atoms with Crippen molar-refractivity contribution in [3.8, 4) is 6.08 Å². The molecule has 1 aromatic carbocycles. The molecule has 0 aliphatic carbocycles. The van der Waals surface area contributed by atoms with Crippen molar-refractivity contribution in [1.82, 2.24) is 4.98 Å². The third-order valence-corrected chi connectivity index (χ3v) is 1.59. The molecule has 0 atom stereocenters. The average Bonchev–Trinajstić information content (AvgIpc) is 2.57. The molecule has 1 N–H and O–H groups in total. The smallest absolute Gasteiger partial charge is 0.394 e. The van der Waals surface area contributed by atoms with Crippen LogP contribution in [0, 0.1) is 0 Å².